The minimum absolute atomic E-state index is 0.124. The molecule has 2 atom stereocenters. The molecule has 1 aliphatic carbocycles. The lowest BCUT2D eigenvalue weighted by Gasteiger charge is -2.29. The minimum atomic E-state index is -0.124. The second kappa shape index (κ2) is 5.94. The summed E-state index contributed by atoms with van der Waals surface area (Å²) < 4.78 is 0. The van der Waals surface area contributed by atoms with Crippen molar-refractivity contribution in [3.63, 3.8) is 0 Å². The zero-order valence-electron chi connectivity index (χ0n) is 10.4. The average molecular weight is 286 g/mol. The predicted octanol–water partition coefficient (Wildman–Crippen LogP) is 4.30. The molecule has 0 bridgehead atoms. The zero-order chi connectivity index (χ0) is 13.1. The second-order valence-corrected chi connectivity index (χ2v) is 5.81. The van der Waals surface area contributed by atoms with E-state index in [0.717, 1.165) is 6.42 Å². The van der Waals surface area contributed by atoms with Crippen molar-refractivity contribution in [2.45, 2.75) is 38.6 Å². The molecule has 0 aliphatic heterocycles. The van der Waals surface area contributed by atoms with Gasteiger partial charge in [0.15, 0.2) is 0 Å². The van der Waals surface area contributed by atoms with Crippen molar-refractivity contribution in [3.8, 4) is 0 Å². The average Bonchev–Trinajstić information content (AvgIpc) is 2.35. The third-order valence-corrected chi connectivity index (χ3v) is 4.17. The van der Waals surface area contributed by atoms with Gasteiger partial charge in [-0.15, -0.1) is 0 Å². The number of nitrogens with one attached hydrogen (secondary N) is 1. The van der Waals surface area contributed by atoms with Crippen LogP contribution in [0.4, 0.5) is 0 Å². The van der Waals surface area contributed by atoms with Crippen LogP contribution in [0.3, 0.4) is 0 Å². The molecular formula is C14H17Cl2NO. The molecule has 1 fully saturated rings. The Morgan fingerprint density at radius 2 is 2.00 bits per heavy atom. The second-order valence-electron chi connectivity index (χ2n) is 4.97. The Morgan fingerprint density at radius 3 is 2.72 bits per heavy atom. The Kier molecular flexibility index (Phi) is 4.52. The highest BCUT2D eigenvalue weighted by molar-refractivity contribution is 6.35. The molecule has 4 heteroatoms. The Balaban J connectivity index is 2.09. The number of carbonyl (C=O) groups is 1. The van der Waals surface area contributed by atoms with E-state index < -0.39 is 0 Å². The Hall–Kier alpha value is -0.730. The first-order valence-corrected chi connectivity index (χ1v) is 7.09. The highest BCUT2D eigenvalue weighted by atomic mass is 35.5. The Morgan fingerprint density at radius 1 is 1.28 bits per heavy atom. The van der Waals surface area contributed by atoms with E-state index in [4.69, 9.17) is 23.2 Å². The molecule has 0 aromatic heterocycles. The molecule has 1 aliphatic rings. The summed E-state index contributed by atoms with van der Waals surface area (Å²) in [5, 5.41) is 4.04. The van der Waals surface area contributed by atoms with Gasteiger partial charge >= 0.3 is 0 Å². The first-order chi connectivity index (χ1) is 8.58. The van der Waals surface area contributed by atoms with Gasteiger partial charge in [0.2, 0.25) is 0 Å². The molecule has 0 radical (unpaired) electrons. The molecule has 1 amide bonds. The maximum absolute atomic E-state index is 12.2. The third kappa shape index (κ3) is 3.18. The molecule has 2 unspecified atom stereocenters. The van der Waals surface area contributed by atoms with Crippen molar-refractivity contribution in [2.24, 2.45) is 5.92 Å². The van der Waals surface area contributed by atoms with Gasteiger partial charge in [-0.3, -0.25) is 4.79 Å². The van der Waals surface area contributed by atoms with Crippen LogP contribution in [0.2, 0.25) is 10.0 Å². The third-order valence-electron chi connectivity index (χ3n) is 3.60. The maximum Gasteiger partial charge on any atom is 0.253 e. The molecule has 0 heterocycles. The summed E-state index contributed by atoms with van der Waals surface area (Å²) in [5.41, 5.74) is 0.460. The van der Waals surface area contributed by atoms with E-state index in [1.807, 2.05) is 0 Å². The molecule has 2 rings (SSSR count). The van der Waals surface area contributed by atoms with Crippen LogP contribution in [0.25, 0.3) is 0 Å². The van der Waals surface area contributed by atoms with Gasteiger partial charge in [0, 0.05) is 11.1 Å². The molecule has 1 saturated carbocycles. The number of benzene rings is 1. The summed E-state index contributed by atoms with van der Waals surface area (Å²) in [6.07, 6.45) is 4.66. The van der Waals surface area contributed by atoms with Crippen LogP contribution in [-0.4, -0.2) is 11.9 Å². The maximum atomic E-state index is 12.2. The van der Waals surface area contributed by atoms with Gasteiger partial charge in [0.05, 0.1) is 10.6 Å². The van der Waals surface area contributed by atoms with Gasteiger partial charge in [-0.25, -0.2) is 0 Å². The highest BCUT2D eigenvalue weighted by Crippen LogP contribution is 2.25. The lowest BCUT2D eigenvalue weighted by Crippen LogP contribution is -2.41. The standard InChI is InChI=1S/C14H17Cl2NO/c1-9-4-2-3-5-13(9)17-14(18)11-8-10(15)6-7-12(11)16/h6-9,13H,2-5H2,1H3,(H,17,18). The van der Waals surface area contributed by atoms with Gasteiger partial charge in [-0.2, -0.15) is 0 Å². The van der Waals surface area contributed by atoms with Gasteiger partial charge in [0.1, 0.15) is 0 Å². The lowest BCUT2D eigenvalue weighted by molar-refractivity contribution is 0.0910. The van der Waals surface area contributed by atoms with Crippen LogP contribution >= 0.6 is 23.2 Å². The molecular weight excluding hydrogens is 269 g/mol. The van der Waals surface area contributed by atoms with E-state index in [0.29, 0.717) is 21.5 Å². The van der Waals surface area contributed by atoms with Crippen molar-refractivity contribution in [2.75, 3.05) is 0 Å². The van der Waals surface area contributed by atoms with Gasteiger partial charge in [-0.1, -0.05) is 43.0 Å². The zero-order valence-corrected chi connectivity index (χ0v) is 11.9. The fourth-order valence-electron chi connectivity index (χ4n) is 2.45. The number of amides is 1. The summed E-state index contributed by atoms with van der Waals surface area (Å²) in [6.45, 7) is 2.18. The van der Waals surface area contributed by atoms with Crippen molar-refractivity contribution in [3.05, 3.63) is 33.8 Å². The van der Waals surface area contributed by atoms with Crippen molar-refractivity contribution < 1.29 is 4.79 Å². The fourth-order valence-corrected chi connectivity index (χ4v) is 2.82. The smallest absolute Gasteiger partial charge is 0.253 e. The largest absolute Gasteiger partial charge is 0.349 e. The van der Waals surface area contributed by atoms with Crippen molar-refractivity contribution in [1.82, 2.24) is 5.32 Å². The molecule has 2 nitrogen and oxygen atoms in total. The van der Waals surface area contributed by atoms with Crippen LogP contribution in [0.1, 0.15) is 43.0 Å². The topological polar surface area (TPSA) is 29.1 Å². The molecule has 18 heavy (non-hydrogen) atoms. The molecule has 1 aromatic carbocycles. The van der Waals surface area contributed by atoms with Crippen LogP contribution in [-0.2, 0) is 0 Å². The first-order valence-electron chi connectivity index (χ1n) is 6.34. The van der Waals surface area contributed by atoms with Crippen LogP contribution in [0, 0.1) is 5.92 Å². The number of hydrogen-bond acceptors (Lipinski definition) is 1. The minimum Gasteiger partial charge on any atom is -0.349 e. The Bertz CT molecular complexity index is 447. The van der Waals surface area contributed by atoms with E-state index in [1.54, 1.807) is 18.2 Å². The van der Waals surface area contributed by atoms with E-state index in [1.165, 1.54) is 19.3 Å². The molecule has 0 saturated heterocycles. The highest BCUT2D eigenvalue weighted by Gasteiger charge is 2.24. The number of halogens is 2. The summed E-state index contributed by atoms with van der Waals surface area (Å²) in [5.74, 6) is 0.405. The summed E-state index contributed by atoms with van der Waals surface area (Å²) in [7, 11) is 0. The molecule has 98 valence electrons. The molecule has 0 spiro atoms. The van der Waals surface area contributed by atoms with Crippen LogP contribution in [0.5, 0.6) is 0 Å². The van der Waals surface area contributed by atoms with Gasteiger partial charge in [-0.05, 0) is 37.0 Å². The monoisotopic (exact) mass is 285 g/mol. The van der Waals surface area contributed by atoms with Crippen molar-refractivity contribution in [1.29, 1.82) is 0 Å². The van der Waals surface area contributed by atoms with Crippen LogP contribution in [0.15, 0.2) is 18.2 Å². The fraction of sp³-hybridized carbons (Fsp3) is 0.500. The van der Waals surface area contributed by atoms with Gasteiger partial charge in [0.25, 0.3) is 5.91 Å². The van der Waals surface area contributed by atoms with E-state index in [-0.39, 0.29) is 11.9 Å². The number of rotatable bonds is 2. The molecule has 1 aromatic rings. The quantitative estimate of drug-likeness (QED) is 0.862. The van der Waals surface area contributed by atoms with Gasteiger partial charge < -0.3 is 5.32 Å². The Labute approximate surface area is 118 Å². The predicted molar refractivity (Wildman–Crippen MR) is 75.3 cm³/mol. The van der Waals surface area contributed by atoms with Crippen molar-refractivity contribution >= 4 is 29.1 Å². The number of hydrogen-bond donors (Lipinski definition) is 1. The van der Waals surface area contributed by atoms with E-state index in [2.05, 4.69) is 12.2 Å². The van der Waals surface area contributed by atoms with E-state index in [9.17, 15) is 4.79 Å². The lowest BCUT2D eigenvalue weighted by atomic mass is 9.86. The normalized spacial score (nSPS) is 23.7. The number of carbonyl (C=O) groups excluding carboxylic acids is 1. The molecule has 1 N–H and O–H groups in total. The van der Waals surface area contributed by atoms with E-state index >= 15 is 0 Å². The first kappa shape index (κ1) is 13.7. The summed E-state index contributed by atoms with van der Waals surface area (Å²) in [4.78, 5) is 12.2. The summed E-state index contributed by atoms with van der Waals surface area (Å²) >= 11 is 11.9. The summed E-state index contributed by atoms with van der Waals surface area (Å²) in [6, 6.07) is 5.21. The SMILES string of the molecule is CC1CCCCC1NC(=O)c1cc(Cl)ccc1Cl. The van der Waals surface area contributed by atoms with Crippen LogP contribution < -0.4 is 5.32 Å².